The van der Waals surface area contributed by atoms with Gasteiger partial charge in [0.05, 0.1) is 18.1 Å². The topological polar surface area (TPSA) is 114 Å². The number of amides is 1. The van der Waals surface area contributed by atoms with E-state index in [0.29, 0.717) is 0 Å². The monoisotopic (exact) mass is 487 g/mol. The molecule has 1 unspecified atom stereocenters. The summed E-state index contributed by atoms with van der Waals surface area (Å²) < 4.78 is 35.0. The van der Waals surface area contributed by atoms with Gasteiger partial charge in [0.1, 0.15) is 23.9 Å². The van der Waals surface area contributed by atoms with Gasteiger partial charge in [-0.15, -0.1) is 0 Å². The highest BCUT2D eigenvalue weighted by Crippen LogP contribution is 2.25. The summed E-state index contributed by atoms with van der Waals surface area (Å²) in [6.45, 7) is 5.05. The number of rotatable bonds is 10. The van der Waals surface area contributed by atoms with Gasteiger partial charge in [-0.3, -0.25) is 9.59 Å². The van der Waals surface area contributed by atoms with Gasteiger partial charge in [0.15, 0.2) is 5.69 Å². The van der Waals surface area contributed by atoms with Crippen molar-refractivity contribution >= 4 is 11.9 Å². The first-order chi connectivity index (χ1) is 16.5. The number of aliphatic hydroxyl groups is 1. The summed E-state index contributed by atoms with van der Waals surface area (Å²) in [5.41, 5.74) is -1.12. The largest absolute Gasteiger partial charge is 0.481 e. The van der Waals surface area contributed by atoms with Gasteiger partial charge in [0.2, 0.25) is 5.88 Å². The third kappa shape index (κ3) is 6.42. The Morgan fingerprint density at radius 1 is 1.14 bits per heavy atom. The van der Waals surface area contributed by atoms with Crippen LogP contribution in [-0.4, -0.2) is 44.1 Å². The predicted octanol–water partition coefficient (Wildman–Crippen LogP) is 3.88. The quantitative estimate of drug-likeness (QED) is 0.400. The molecule has 0 spiro atoms. The molecule has 1 heterocycles. The molecule has 2 aromatic carbocycles. The van der Waals surface area contributed by atoms with Crippen molar-refractivity contribution in [1.29, 1.82) is 0 Å². The number of halogens is 2. The van der Waals surface area contributed by atoms with Gasteiger partial charge in [0, 0.05) is 6.07 Å². The summed E-state index contributed by atoms with van der Waals surface area (Å²) >= 11 is 0. The molecule has 0 fully saturated rings. The molecule has 1 amide bonds. The molecule has 0 saturated heterocycles. The van der Waals surface area contributed by atoms with Crippen molar-refractivity contribution in [2.75, 3.05) is 6.61 Å². The Morgan fingerprint density at radius 3 is 2.49 bits per heavy atom. The minimum absolute atomic E-state index is 0.00159. The molecule has 0 aliphatic heterocycles. The lowest BCUT2D eigenvalue weighted by atomic mass is 9.94. The van der Waals surface area contributed by atoms with Gasteiger partial charge in [0.25, 0.3) is 5.91 Å². The van der Waals surface area contributed by atoms with Crippen LogP contribution >= 0.6 is 0 Å². The van der Waals surface area contributed by atoms with Crippen LogP contribution in [0.15, 0.2) is 54.6 Å². The zero-order chi connectivity index (χ0) is 25.8. The zero-order valence-corrected chi connectivity index (χ0v) is 19.5. The number of carboxylic acids is 1. The standard InChI is InChI=1S/C25H27F2N3O5/c1-15(2)25(3,34)14-35-22-12-20(29-30(22)21-10-5-4-9-18(21)27)24(33)28-19(13-23(31)32)16-7-6-8-17(26)11-16/h4-12,15,19,34H,13-14H2,1-3H3,(H,28,33)(H,31,32)/t19-,25?/m0/s1. The van der Waals surface area contributed by atoms with E-state index in [4.69, 9.17) is 4.74 Å². The van der Waals surface area contributed by atoms with E-state index < -0.39 is 41.6 Å². The van der Waals surface area contributed by atoms with Crippen molar-refractivity contribution < 1.29 is 33.3 Å². The smallest absolute Gasteiger partial charge is 0.305 e. The first-order valence-corrected chi connectivity index (χ1v) is 11.0. The number of hydrogen-bond acceptors (Lipinski definition) is 5. The van der Waals surface area contributed by atoms with Crippen LogP contribution in [0.4, 0.5) is 8.78 Å². The second kappa shape index (κ2) is 10.6. The Kier molecular flexibility index (Phi) is 7.85. The minimum Gasteiger partial charge on any atom is -0.481 e. The summed E-state index contributed by atoms with van der Waals surface area (Å²) in [6, 6.07) is 11.2. The van der Waals surface area contributed by atoms with Crippen LogP contribution < -0.4 is 10.1 Å². The number of carboxylic acid groups (broad SMARTS) is 1. The fourth-order valence-corrected chi connectivity index (χ4v) is 3.14. The van der Waals surface area contributed by atoms with E-state index in [-0.39, 0.29) is 35.3 Å². The molecule has 0 aliphatic rings. The summed E-state index contributed by atoms with van der Waals surface area (Å²) in [5.74, 6) is -3.32. The van der Waals surface area contributed by atoms with Crippen LogP contribution in [0.3, 0.4) is 0 Å². The third-order valence-electron chi connectivity index (χ3n) is 5.68. The molecule has 0 aliphatic carbocycles. The molecular formula is C25H27F2N3O5. The molecule has 3 rings (SSSR count). The predicted molar refractivity (Wildman–Crippen MR) is 123 cm³/mol. The van der Waals surface area contributed by atoms with Gasteiger partial charge in [-0.1, -0.05) is 38.1 Å². The van der Waals surface area contributed by atoms with Crippen LogP contribution in [0.25, 0.3) is 5.69 Å². The SMILES string of the molecule is CC(C)C(C)(O)COc1cc(C(=O)N[C@@H](CC(=O)O)c2cccc(F)c2)nn1-c1ccccc1F. The second-order valence-corrected chi connectivity index (χ2v) is 8.71. The highest BCUT2D eigenvalue weighted by Gasteiger charge is 2.28. The maximum absolute atomic E-state index is 14.5. The lowest BCUT2D eigenvalue weighted by molar-refractivity contribution is -0.137. The summed E-state index contributed by atoms with van der Waals surface area (Å²) in [5, 5.41) is 26.5. The molecule has 186 valence electrons. The fraction of sp³-hybridized carbons (Fsp3) is 0.320. The molecule has 1 aromatic heterocycles. The summed E-state index contributed by atoms with van der Waals surface area (Å²) in [7, 11) is 0. The number of aliphatic carboxylic acids is 1. The molecule has 10 heteroatoms. The van der Waals surface area contributed by atoms with E-state index in [2.05, 4.69) is 10.4 Å². The Morgan fingerprint density at radius 2 is 1.86 bits per heavy atom. The van der Waals surface area contributed by atoms with Gasteiger partial charge < -0.3 is 20.3 Å². The Balaban J connectivity index is 1.95. The van der Waals surface area contributed by atoms with Crippen molar-refractivity contribution in [2.45, 2.75) is 38.8 Å². The van der Waals surface area contributed by atoms with E-state index in [1.165, 1.54) is 42.5 Å². The normalized spacial score (nSPS) is 13.8. The molecule has 3 aromatic rings. The molecule has 0 bridgehead atoms. The maximum Gasteiger partial charge on any atom is 0.305 e. The number of hydrogen-bond donors (Lipinski definition) is 3. The number of nitrogens with one attached hydrogen (secondary N) is 1. The molecular weight excluding hydrogens is 460 g/mol. The van der Waals surface area contributed by atoms with Crippen molar-refractivity contribution in [3.63, 3.8) is 0 Å². The first kappa shape index (κ1) is 25.8. The van der Waals surface area contributed by atoms with Crippen LogP contribution in [0.5, 0.6) is 5.88 Å². The fourth-order valence-electron chi connectivity index (χ4n) is 3.14. The first-order valence-electron chi connectivity index (χ1n) is 11.0. The number of aromatic nitrogens is 2. The molecule has 2 atom stereocenters. The van der Waals surface area contributed by atoms with Gasteiger partial charge in [-0.25, -0.2) is 8.78 Å². The number of carbonyl (C=O) groups excluding carboxylic acids is 1. The Labute approximate surface area is 201 Å². The molecule has 0 saturated carbocycles. The third-order valence-corrected chi connectivity index (χ3v) is 5.68. The van der Waals surface area contributed by atoms with E-state index in [0.717, 1.165) is 10.7 Å². The second-order valence-electron chi connectivity index (χ2n) is 8.71. The summed E-state index contributed by atoms with van der Waals surface area (Å²) in [6.07, 6.45) is -0.496. The minimum atomic E-state index is -1.21. The Bertz CT molecular complexity index is 1210. The molecule has 35 heavy (non-hydrogen) atoms. The van der Waals surface area contributed by atoms with Crippen molar-refractivity contribution in [1.82, 2.24) is 15.1 Å². The van der Waals surface area contributed by atoms with Crippen LogP contribution in [0.2, 0.25) is 0 Å². The average Bonchev–Trinajstić information content (AvgIpc) is 3.21. The maximum atomic E-state index is 14.5. The highest BCUT2D eigenvalue weighted by atomic mass is 19.1. The lowest BCUT2D eigenvalue weighted by Crippen LogP contribution is -2.38. The van der Waals surface area contributed by atoms with Crippen molar-refractivity contribution in [3.8, 4) is 11.6 Å². The van der Waals surface area contributed by atoms with Crippen LogP contribution in [0, 0.1) is 17.6 Å². The van der Waals surface area contributed by atoms with Crippen LogP contribution in [-0.2, 0) is 4.79 Å². The van der Waals surface area contributed by atoms with Gasteiger partial charge >= 0.3 is 5.97 Å². The number of para-hydroxylation sites is 1. The van der Waals surface area contributed by atoms with Crippen molar-refractivity contribution in [2.24, 2.45) is 5.92 Å². The van der Waals surface area contributed by atoms with Crippen molar-refractivity contribution in [3.05, 3.63) is 77.5 Å². The van der Waals surface area contributed by atoms with E-state index in [1.54, 1.807) is 13.0 Å². The van der Waals surface area contributed by atoms with Crippen LogP contribution in [0.1, 0.15) is 49.3 Å². The number of ether oxygens (including phenoxy) is 1. The molecule has 0 radical (unpaired) electrons. The summed E-state index contributed by atoms with van der Waals surface area (Å²) in [4.78, 5) is 24.4. The van der Waals surface area contributed by atoms with E-state index in [1.807, 2.05) is 13.8 Å². The lowest BCUT2D eigenvalue weighted by Gasteiger charge is -2.27. The highest BCUT2D eigenvalue weighted by molar-refractivity contribution is 5.93. The number of benzene rings is 2. The zero-order valence-electron chi connectivity index (χ0n) is 19.5. The average molecular weight is 488 g/mol. The van der Waals surface area contributed by atoms with Gasteiger partial charge in [-0.05, 0) is 42.7 Å². The molecule has 3 N–H and O–H groups in total. The number of nitrogens with zero attached hydrogens (tertiary/aromatic N) is 2. The van der Waals surface area contributed by atoms with Gasteiger partial charge in [-0.2, -0.15) is 9.78 Å². The molecule has 8 nitrogen and oxygen atoms in total. The van der Waals surface area contributed by atoms with E-state index >= 15 is 0 Å². The van der Waals surface area contributed by atoms with E-state index in [9.17, 15) is 28.6 Å². The number of carbonyl (C=O) groups is 2. The Hall–Kier alpha value is -3.79.